The molecule has 1 atom stereocenters. The Kier molecular flexibility index (Phi) is 5.26. The summed E-state index contributed by atoms with van der Waals surface area (Å²) in [6.45, 7) is 8.29. The highest BCUT2D eigenvalue weighted by molar-refractivity contribution is 7.92. The molecule has 138 valence electrons. The molecule has 0 bridgehead atoms. The monoisotopic (exact) mass is 366 g/mol. The predicted octanol–water partition coefficient (Wildman–Crippen LogP) is 4.15. The van der Waals surface area contributed by atoms with Crippen molar-refractivity contribution >= 4 is 9.84 Å². The molecule has 0 radical (unpaired) electrons. The molecule has 0 aliphatic rings. The van der Waals surface area contributed by atoms with Crippen molar-refractivity contribution in [2.75, 3.05) is 6.26 Å². The van der Waals surface area contributed by atoms with Gasteiger partial charge in [0.05, 0.1) is 10.3 Å². The lowest BCUT2D eigenvalue weighted by Gasteiger charge is -2.45. The van der Waals surface area contributed by atoms with E-state index in [2.05, 4.69) is 0 Å². The molecule has 0 amide bonds. The number of alkyl halides is 3. The zero-order valence-electron chi connectivity index (χ0n) is 14.8. The molecule has 7 heteroatoms. The molecule has 0 aliphatic carbocycles. The van der Waals surface area contributed by atoms with Crippen molar-refractivity contribution in [1.29, 1.82) is 0 Å². The van der Waals surface area contributed by atoms with E-state index in [9.17, 15) is 26.7 Å². The first-order chi connectivity index (χ1) is 10.4. The fourth-order valence-corrected chi connectivity index (χ4v) is 3.48. The quantitative estimate of drug-likeness (QED) is 0.871. The lowest BCUT2D eigenvalue weighted by atomic mass is 9.72. The van der Waals surface area contributed by atoms with Gasteiger partial charge in [0.15, 0.2) is 9.84 Å². The summed E-state index contributed by atoms with van der Waals surface area (Å²) in [6, 6.07) is 4.03. The fraction of sp³-hybridized carbons (Fsp3) is 0.647. The molecule has 24 heavy (non-hydrogen) atoms. The Morgan fingerprint density at radius 2 is 1.29 bits per heavy atom. The van der Waals surface area contributed by atoms with Crippen LogP contribution in [0, 0.1) is 5.41 Å². The summed E-state index contributed by atoms with van der Waals surface area (Å²) in [5.74, 6) is 0. The molecule has 0 aromatic heterocycles. The number of halogens is 3. The van der Waals surface area contributed by atoms with Crippen LogP contribution < -0.4 is 0 Å². The Morgan fingerprint density at radius 1 is 0.917 bits per heavy atom. The minimum Gasteiger partial charge on any atom is -0.384 e. The Morgan fingerprint density at radius 3 is 1.58 bits per heavy atom. The van der Waals surface area contributed by atoms with Gasteiger partial charge in [-0.2, -0.15) is 13.2 Å². The van der Waals surface area contributed by atoms with Crippen molar-refractivity contribution in [3.63, 3.8) is 0 Å². The summed E-state index contributed by atoms with van der Waals surface area (Å²) in [5.41, 5.74) is -2.97. The average molecular weight is 366 g/mol. The van der Waals surface area contributed by atoms with Crippen molar-refractivity contribution in [2.45, 2.75) is 57.6 Å². The molecule has 1 rings (SSSR count). The third kappa shape index (κ3) is 4.11. The van der Waals surface area contributed by atoms with Gasteiger partial charge in [0, 0.05) is 6.26 Å². The number of sulfone groups is 1. The molecule has 1 aromatic carbocycles. The normalized spacial score (nSPS) is 16.8. The SMILES string of the molecule is CC(C)(C)C[C@](O)(c1ccc(C(F)(F)F)cc1)C(C)(C)S(C)(=O)=O. The molecule has 0 heterocycles. The smallest absolute Gasteiger partial charge is 0.384 e. The van der Waals surface area contributed by atoms with Crippen LogP contribution in [0.5, 0.6) is 0 Å². The first kappa shape index (κ1) is 21.0. The van der Waals surface area contributed by atoms with E-state index in [4.69, 9.17) is 0 Å². The van der Waals surface area contributed by atoms with E-state index in [1.807, 2.05) is 20.8 Å². The standard InChI is InChI=1S/C17H25F3O3S/c1-14(2,3)11-16(21,15(4,5)24(6,22)23)12-7-9-13(10-8-12)17(18,19)20/h7-10,21H,11H2,1-6H3/t16-/m0/s1. The highest BCUT2D eigenvalue weighted by atomic mass is 32.2. The molecule has 3 nitrogen and oxygen atoms in total. The molecule has 1 aromatic rings. The second-order valence-corrected chi connectivity index (χ2v) is 10.5. The van der Waals surface area contributed by atoms with Crippen LogP contribution in [0.25, 0.3) is 0 Å². The topological polar surface area (TPSA) is 54.4 Å². The Bertz CT molecular complexity index is 683. The molecule has 1 N–H and O–H groups in total. The van der Waals surface area contributed by atoms with Gasteiger partial charge in [-0.3, -0.25) is 0 Å². The van der Waals surface area contributed by atoms with E-state index in [1.165, 1.54) is 13.8 Å². The third-order valence-corrected chi connectivity index (χ3v) is 6.59. The van der Waals surface area contributed by atoms with Crippen LogP contribution in [0.4, 0.5) is 13.2 Å². The maximum atomic E-state index is 12.8. The Balaban J connectivity index is 3.56. The molecule has 0 saturated carbocycles. The molecular weight excluding hydrogens is 341 g/mol. The van der Waals surface area contributed by atoms with Crippen molar-refractivity contribution in [3.05, 3.63) is 35.4 Å². The maximum Gasteiger partial charge on any atom is 0.416 e. The van der Waals surface area contributed by atoms with Gasteiger partial charge in [-0.05, 0) is 43.4 Å². The van der Waals surface area contributed by atoms with E-state index in [-0.39, 0.29) is 12.0 Å². The number of rotatable bonds is 4. The van der Waals surface area contributed by atoms with Crippen molar-refractivity contribution < 1.29 is 26.7 Å². The Hall–Kier alpha value is -1.08. The van der Waals surface area contributed by atoms with Crippen LogP contribution >= 0.6 is 0 Å². The maximum absolute atomic E-state index is 12.8. The number of benzene rings is 1. The van der Waals surface area contributed by atoms with Crippen LogP contribution in [0.1, 0.15) is 52.2 Å². The molecule has 0 fully saturated rings. The predicted molar refractivity (Wildman–Crippen MR) is 88.3 cm³/mol. The number of aliphatic hydroxyl groups is 1. The molecule has 0 unspecified atom stereocenters. The second-order valence-electron chi connectivity index (χ2n) is 7.96. The zero-order chi connectivity index (χ0) is 19.2. The first-order valence-electron chi connectivity index (χ1n) is 7.51. The Labute approximate surface area is 141 Å². The summed E-state index contributed by atoms with van der Waals surface area (Å²) >= 11 is 0. The van der Waals surface area contributed by atoms with E-state index in [1.54, 1.807) is 0 Å². The van der Waals surface area contributed by atoms with Gasteiger partial charge in [-0.15, -0.1) is 0 Å². The van der Waals surface area contributed by atoms with Gasteiger partial charge in [0.2, 0.25) is 0 Å². The van der Waals surface area contributed by atoms with Gasteiger partial charge in [-0.1, -0.05) is 32.9 Å². The lowest BCUT2D eigenvalue weighted by Crippen LogP contribution is -2.54. The van der Waals surface area contributed by atoms with Gasteiger partial charge < -0.3 is 5.11 Å². The van der Waals surface area contributed by atoms with Crippen LogP contribution in [0.2, 0.25) is 0 Å². The first-order valence-corrected chi connectivity index (χ1v) is 9.41. The third-order valence-electron chi connectivity index (χ3n) is 4.40. The number of hydrogen-bond acceptors (Lipinski definition) is 3. The summed E-state index contributed by atoms with van der Waals surface area (Å²) < 4.78 is 61.2. The van der Waals surface area contributed by atoms with E-state index in [0.29, 0.717) is 0 Å². The van der Waals surface area contributed by atoms with E-state index in [0.717, 1.165) is 30.5 Å². The van der Waals surface area contributed by atoms with Crippen LogP contribution in [0.3, 0.4) is 0 Å². The van der Waals surface area contributed by atoms with Gasteiger partial charge >= 0.3 is 6.18 Å². The van der Waals surface area contributed by atoms with Crippen LogP contribution in [-0.4, -0.2) is 24.5 Å². The molecule has 0 spiro atoms. The average Bonchev–Trinajstić information content (AvgIpc) is 2.34. The largest absolute Gasteiger partial charge is 0.416 e. The fourth-order valence-electron chi connectivity index (χ4n) is 2.67. The summed E-state index contributed by atoms with van der Waals surface area (Å²) in [7, 11) is -3.69. The highest BCUT2D eigenvalue weighted by Crippen LogP contribution is 2.46. The van der Waals surface area contributed by atoms with Crippen molar-refractivity contribution in [2.24, 2.45) is 5.41 Å². The molecule has 0 aliphatic heterocycles. The van der Waals surface area contributed by atoms with Crippen LogP contribution in [0.15, 0.2) is 24.3 Å². The van der Waals surface area contributed by atoms with Gasteiger partial charge in [-0.25, -0.2) is 8.42 Å². The van der Waals surface area contributed by atoms with Crippen LogP contribution in [-0.2, 0) is 21.6 Å². The zero-order valence-corrected chi connectivity index (χ0v) is 15.6. The van der Waals surface area contributed by atoms with E-state index >= 15 is 0 Å². The lowest BCUT2D eigenvalue weighted by molar-refractivity contribution is -0.137. The summed E-state index contributed by atoms with van der Waals surface area (Å²) in [5, 5.41) is 11.3. The minimum absolute atomic E-state index is 0.0748. The van der Waals surface area contributed by atoms with E-state index < -0.39 is 37.3 Å². The van der Waals surface area contributed by atoms with Gasteiger partial charge in [0.1, 0.15) is 5.60 Å². The molecule has 0 saturated heterocycles. The van der Waals surface area contributed by atoms with Crippen molar-refractivity contribution in [1.82, 2.24) is 0 Å². The minimum atomic E-state index is -4.49. The highest BCUT2D eigenvalue weighted by Gasteiger charge is 2.53. The molecular formula is C17H25F3O3S. The van der Waals surface area contributed by atoms with Gasteiger partial charge in [0.25, 0.3) is 0 Å². The summed E-state index contributed by atoms with van der Waals surface area (Å²) in [6.07, 6.45) is -3.40. The van der Waals surface area contributed by atoms with Crippen molar-refractivity contribution in [3.8, 4) is 0 Å². The second kappa shape index (κ2) is 6.02. The summed E-state index contributed by atoms with van der Waals surface area (Å²) in [4.78, 5) is 0. The number of hydrogen-bond donors (Lipinski definition) is 1.